The van der Waals surface area contributed by atoms with Gasteiger partial charge in [0.15, 0.2) is 6.61 Å². The summed E-state index contributed by atoms with van der Waals surface area (Å²) in [6.07, 6.45) is 8.47. The Labute approximate surface area is 174 Å². The first kappa shape index (κ1) is 21.1. The first-order valence-corrected chi connectivity index (χ1v) is 10.7. The molecule has 1 aromatic carbocycles. The maximum atomic E-state index is 12.6. The molecule has 1 heterocycles. The maximum Gasteiger partial charge on any atom is 0.339 e. The molecule has 1 fully saturated rings. The first-order valence-electron chi connectivity index (χ1n) is 9.74. The summed E-state index contributed by atoms with van der Waals surface area (Å²) in [5.74, 6) is -0.119. The number of hydrogen-bond donors (Lipinski definition) is 0. The average molecular weight is 416 g/mol. The van der Waals surface area contributed by atoms with Gasteiger partial charge in [0.25, 0.3) is 0 Å². The van der Waals surface area contributed by atoms with E-state index in [0.29, 0.717) is 21.2 Å². The van der Waals surface area contributed by atoms with Crippen molar-refractivity contribution in [2.75, 3.05) is 12.8 Å². The van der Waals surface area contributed by atoms with E-state index in [4.69, 9.17) is 4.74 Å². The van der Waals surface area contributed by atoms with Gasteiger partial charge < -0.3 is 14.8 Å². The van der Waals surface area contributed by atoms with Gasteiger partial charge in [0.2, 0.25) is 5.91 Å². The number of ether oxygens (including phenoxy) is 1. The van der Waals surface area contributed by atoms with E-state index in [2.05, 4.69) is 4.98 Å². The van der Waals surface area contributed by atoms with Crippen molar-refractivity contribution < 1.29 is 19.1 Å². The van der Waals surface area contributed by atoms with Gasteiger partial charge in [-0.2, -0.15) is 0 Å². The minimum absolute atomic E-state index is 0.0611. The van der Waals surface area contributed by atoms with Crippen molar-refractivity contribution in [3.63, 3.8) is 0 Å². The monoisotopic (exact) mass is 415 g/mol. The normalized spacial score (nSPS) is 14.4. The van der Waals surface area contributed by atoms with Crippen LogP contribution in [0.1, 0.15) is 48.3 Å². The number of nitrogens with zero attached hydrogens (tertiary/aromatic N) is 3. The number of hydrogen-bond acceptors (Lipinski definition) is 6. The molecule has 29 heavy (non-hydrogen) atoms. The third kappa shape index (κ3) is 5.69. The van der Waals surface area contributed by atoms with Crippen LogP contribution in [0, 0.1) is 5.21 Å². The third-order valence-electron chi connectivity index (χ3n) is 5.09. The van der Waals surface area contributed by atoms with E-state index in [0.717, 1.165) is 12.8 Å². The third-order valence-corrected chi connectivity index (χ3v) is 6.15. The lowest BCUT2D eigenvalue weighted by molar-refractivity contribution is -0.620. The van der Waals surface area contributed by atoms with Gasteiger partial charge in [-0.3, -0.25) is 4.79 Å². The molecule has 0 bridgehead atoms. The van der Waals surface area contributed by atoms with Gasteiger partial charge in [-0.25, -0.2) is 9.52 Å². The Morgan fingerprint density at radius 1 is 1.24 bits per heavy atom. The van der Waals surface area contributed by atoms with Crippen LogP contribution in [0.15, 0.2) is 47.6 Å². The lowest BCUT2D eigenvalue weighted by atomic mass is 9.94. The van der Waals surface area contributed by atoms with Gasteiger partial charge >= 0.3 is 11.8 Å². The Hall–Kier alpha value is -2.61. The average Bonchev–Trinajstić information content (AvgIpc) is 2.77. The van der Waals surface area contributed by atoms with Crippen molar-refractivity contribution >= 4 is 23.6 Å². The highest BCUT2D eigenvalue weighted by molar-refractivity contribution is 8.00. The second-order valence-corrected chi connectivity index (χ2v) is 8.04. The number of aromatic nitrogens is 2. The number of amides is 1. The zero-order valence-corrected chi connectivity index (χ0v) is 17.3. The summed E-state index contributed by atoms with van der Waals surface area (Å²) in [5, 5.41) is 11.6. The van der Waals surface area contributed by atoms with Crippen LogP contribution in [0.5, 0.6) is 0 Å². The summed E-state index contributed by atoms with van der Waals surface area (Å²) in [4.78, 5) is 31.5. The molecule has 0 N–H and O–H groups in total. The molecule has 1 amide bonds. The van der Waals surface area contributed by atoms with Crippen LogP contribution in [-0.2, 0) is 16.1 Å². The van der Waals surface area contributed by atoms with E-state index in [1.807, 2.05) is 18.0 Å². The van der Waals surface area contributed by atoms with Crippen molar-refractivity contribution in [3.05, 3.63) is 59.3 Å². The number of benzene rings is 1. The molecular weight excluding hydrogens is 390 g/mol. The highest BCUT2D eigenvalue weighted by atomic mass is 32.2. The van der Waals surface area contributed by atoms with Crippen LogP contribution >= 0.6 is 11.8 Å². The van der Waals surface area contributed by atoms with Crippen molar-refractivity contribution in [1.29, 1.82) is 0 Å². The molecule has 1 aliphatic carbocycles. The van der Waals surface area contributed by atoms with Crippen molar-refractivity contribution in [2.24, 2.45) is 0 Å². The Morgan fingerprint density at radius 3 is 2.76 bits per heavy atom. The molecule has 0 atom stereocenters. The summed E-state index contributed by atoms with van der Waals surface area (Å²) >= 11 is 1.33. The van der Waals surface area contributed by atoms with E-state index in [9.17, 15) is 14.8 Å². The second-order valence-electron chi connectivity index (χ2n) is 7.02. The molecule has 2 aromatic rings. The van der Waals surface area contributed by atoms with Crippen LogP contribution in [-0.4, -0.2) is 40.6 Å². The molecule has 0 radical (unpaired) electrons. The van der Waals surface area contributed by atoms with Crippen molar-refractivity contribution in [3.8, 4) is 0 Å². The summed E-state index contributed by atoms with van der Waals surface area (Å²) in [5.41, 5.74) is 0.374. The van der Waals surface area contributed by atoms with Gasteiger partial charge in [-0.05, 0) is 30.0 Å². The van der Waals surface area contributed by atoms with E-state index < -0.39 is 5.97 Å². The predicted octanol–water partition coefficient (Wildman–Crippen LogP) is 2.96. The van der Waals surface area contributed by atoms with Gasteiger partial charge in [0.1, 0.15) is 6.20 Å². The van der Waals surface area contributed by atoms with Gasteiger partial charge in [-0.15, -0.1) is 11.8 Å². The fourth-order valence-electron chi connectivity index (χ4n) is 3.37. The molecule has 0 saturated heterocycles. The van der Waals surface area contributed by atoms with Crippen molar-refractivity contribution in [1.82, 2.24) is 9.88 Å². The highest BCUT2D eigenvalue weighted by Crippen LogP contribution is 2.26. The minimum Gasteiger partial charge on any atom is -0.711 e. The number of carbonyl (C=O) groups excluding carboxylic acids is 2. The van der Waals surface area contributed by atoms with Gasteiger partial charge in [0, 0.05) is 24.1 Å². The van der Waals surface area contributed by atoms with Crippen molar-refractivity contribution in [2.45, 2.75) is 49.6 Å². The van der Waals surface area contributed by atoms with Crippen LogP contribution in [0.2, 0.25) is 0 Å². The Bertz CT molecular complexity index is 855. The molecular formula is C21H25N3O4S. The molecule has 7 nitrogen and oxygen atoms in total. The molecule has 1 aromatic heterocycles. The quantitative estimate of drug-likeness (QED) is 0.299. The fourth-order valence-corrected chi connectivity index (χ4v) is 4.34. The van der Waals surface area contributed by atoms with Crippen LogP contribution in [0.4, 0.5) is 0 Å². The smallest absolute Gasteiger partial charge is 0.339 e. The molecule has 3 rings (SSSR count). The summed E-state index contributed by atoms with van der Waals surface area (Å²) in [7, 11) is 1.87. The minimum atomic E-state index is -0.549. The fraction of sp³-hybridized carbons (Fsp3) is 0.429. The zero-order chi connectivity index (χ0) is 20.6. The largest absolute Gasteiger partial charge is 0.711 e. The Kier molecular flexibility index (Phi) is 7.46. The highest BCUT2D eigenvalue weighted by Gasteiger charge is 2.23. The van der Waals surface area contributed by atoms with E-state index >= 15 is 0 Å². The van der Waals surface area contributed by atoms with Crippen LogP contribution in [0.25, 0.3) is 0 Å². The predicted molar refractivity (Wildman–Crippen MR) is 109 cm³/mol. The number of rotatable bonds is 7. The molecule has 0 aliphatic heterocycles. The topological polar surface area (TPSA) is 86.4 Å². The SMILES string of the molecule is CN(C(=O)CSc1ccccc1C(=O)OCc1nccc[n+]1[O-])C1CCCCC1. The zero-order valence-electron chi connectivity index (χ0n) is 16.5. The Balaban J connectivity index is 1.58. The molecule has 1 aliphatic rings. The molecule has 154 valence electrons. The van der Waals surface area contributed by atoms with E-state index in [1.165, 1.54) is 49.5 Å². The van der Waals surface area contributed by atoms with E-state index in [-0.39, 0.29) is 24.1 Å². The number of carbonyl (C=O) groups is 2. The molecule has 0 unspecified atom stereocenters. The summed E-state index contributed by atoms with van der Waals surface area (Å²) in [6, 6.07) is 8.83. The van der Waals surface area contributed by atoms with Gasteiger partial charge in [-0.1, -0.05) is 31.4 Å². The van der Waals surface area contributed by atoms with Crippen LogP contribution in [0.3, 0.4) is 0 Å². The van der Waals surface area contributed by atoms with E-state index in [1.54, 1.807) is 18.2 Å². The number of thioether (sulfide) groups is 1. The second kappa shape index (κ2) is 10.2. The van der Waals surface area contributed by atoms with Gasteiger partial charge in [0.05, 0.1) is 17.5 Å². The molecule has 1 saturated carbocycles. The molecule has 0 spiro atoms. The first-order chi connectivity index (χ1) is 14.1. The van der Waals surface area contributed by atoms with Crippen LogP contribution < -0.4 is 4.73 Å². The molecule has 8 heteroatoms. The Morgan fingerprint density at radius 2 is 2.00 bits per heavy atom. The maximum absolute atomic E-state index is 12.6. The number of esters is 1. The lowest BCUT2D eigenvalue weighted by Crippen LogP contribution is -2.39. The summed E-state index contributed by atoms with van der Waals surface area (Å²) < 4.78 is 5.82. The summed E-state index contributed by atoms with van der Waals surface area (Å²) in [6.45, 7) is -0.217. The standard InChI is InChI=1S/C21H25N3O4S/c1-23(16-8-3-2-4-9-16)20(25)15-29-18-11-6-5-10-17(18)21(26)28-14-19-22-12-7-13-24(19)27/h5-7,10-13,16H,2-4,8-9,14-15H2,1H3. The lowest BCUT2D eigenvalue weighted by Gasteiger charge is -2.31.